The summed E-state index contributed by atoms with van der Waals surface area (Å²) in [5, 5.41) is 3.54. The van der Waals surface area contributed by atoms with Crippen LogP contribution in [0.4, 0.5) is 0 Å². The van der Waals surface area contributed by atoms with Crippen LogP contribution in [0.2, 0.25) is 0 Å². The number of rotatable bonds is 9. The van der Waals surface area contributed by atoms with Gasteiger partial charge in [-0.2, -0.15) is 0 Å². The normalized spacial score (nSPS) is 18.7. The van der Waals surface area contributed by atoms with Gasteiger partial charge in [0, 0.05) is 25.7 Å². The van der Waals surface area contributed by atoms with Crippen LogP contribution in [0.5, 0.6) is 0 Å². The van der Waals surface area contributed by atoms with Gasteiger partial charge in [-0.1, -0.05) is 13.0 Å². The highest BCUT2D eigenvalue weighted by molar-refractivity contribution is 5.11. The van der Waals surface area contributed by atoms with Crippen molar-refractivity contribution in [2.75, 3.05) is 13.1 Å². The summed E-state index contributed by atoms with van der Waals surface area (Å²) in [6, 6.07) is 7.24. The van der Waals surface area contributed by atoms with E-state index in [1.54, 1.807) is 0 Å². The zero-order valence-electron chi connectivity index (χ0n) is 12.6. The lowest BCUT2D eigenvalue weighted by Gasteiger charge is -2.21. The van der Waals surface area contributed by atoms with Crippen LogP contribution < -0.4 is 5.32 Å². The van der Waals surface area contributed by atoms with E-state index in [0.29, 0.717) is 0 Å². The van der Waals surface area contributed by atoms with Gasteiger partial charge in [-0.05, 0) is 56.7 Å². The van der Waals surface area contributed by atoms with Crippen molar-refractivity contribution in [3.05, 3.63) is 29.6 Å². The Morgan fingerprint density at radius 3 is 2.70 bits per heavy atom. The van der Waals surface area contributed by atoms with Crippen molar-refractivity contribution in [1.82, 2.24) is 15.2 Å². The molecule has 2 fully saturated rings. The summed E-state index contributed by atoms with van der Waals surface area (Å²) in [6.45, 7) is 6.67. The summed E-state index contributed by atoms with van der Waals surface area (Å²) in [6.07, 6.45) is 6.77. The molecule has 0 atom stereocenters. The Labute approximate surface area is 122 Å². The Kier molecular flexibility index (Phi) is 4.69. The van der Waals surface area contributed by atoms with E-state index in [-0.39, 0.29) is 0 Å². The molecule has 0 bridgehead atoms. The smallest absolute Gasteiger partial charge is 0.0547 e. The van der Waals surface area contributed by atoms with Gasteiger partial charge in [0.15, 0.2) is 0 Å². The third-order valence-corrected chi connectivity index (χ3v) is 4.15. The van der Waals surface area contributed by atoms with Gasteiger partial charge in [0.2, 0.25) is 0 Å². The summed E-state index contributed by atoms with van der Waals surface area (Å²) >= 11 is 0. The van der Waals surface area contributed by atoms with Crippen molar-refractivity contribution in [3.8, 4) is 0 Å². The number of hydrogen-bond acceptors (Lipinski definition) is 3. The Hall–Kier alpha value is -0.930. The second-order valence-electron chi connectivity index (χ2n) is 6.45. The molecule has 110 valence electrons. The molecule has 0 aromatic carbocycles. The van der Waals surface area contributed by atoms with Gasteiger partial charge in [0.1, 0.15) is 0 Å². The summed E-state index contributed by atoms with van der Waals surface area (Å²) in [5.41, 5.74) is 2.42. The highest BCUT2D eigenvalue weighted by Crippen LogP contribution is 2.30. The molecule has 0 spiro atoms. The maximum absolute atomic E-state index is 4.82. The number of hydrogen-bond donors (Lipinski definition) is 1. The first kappa shape index (κ1) is 14.0. The molecule has 0 unspecified atom stereocenters. The lowest BCUT2D eigenvalue weighted by Crippen LogP contribution is -2.27. The minimum absolute atomic E-state index is 0.756. The molecule has 20 heavy (non-hydrogen) atoms. The van der Waals surface area contributed by atoms with Crippen LogP contribution >= 0.6 is 0 Å². The van der Waals surface area contributed by atoms with Crippen molar-refractivity contribution in [2.45, 2.75) is 58.2 Å². The van der Waals surface area contributed by atoms with E-state index in [2.05, 4.69) is 35.3 Å². The van der Waals surface area contributed by atoms with Crippen LogP contribution in [0.1, 0.15) is 50.4 Å². The van der Waals surface area contributed by atoms with Crippen molar-refractivity contribution >= 4 is 0 Å². The van der Waals surface area contributed by atoms with E-state index >= 15 is 0 Å². The van der Waals surface area contributed by atoms with E-state index < -0.39 is 0 Å². The maximum Gasteiger partial charge on any atom is 0.0547 e. The first-order valence-corrected chi connectivity index (χ1v) is 8.24. The fraction of sp³-hybridized carbons (Fsp3) is 0.706. The van der Waals surface area contributed by atoms with Crippen LogP contribution in [0.25, 0.3) is 0 Å². The first-order chi connectivity index (χ1) is 9.83. The molecule has 3 rings (SSSR count). The van der Waals surface area contributed by atoms with Crippen molar-refractivity contribution in [3.63, 3.8) is 0 Å². The zero-order valence-corrected chi connectivity index (χ0v) is 12.6. The lowest BCUT2D eigenvalue weighted by atomic mass is 10.2. The van der Waals surface area contributed by atoms with E-state index in [0.717, 1.165) is 25.0 Å². The van der Waals surface area contributed by atoms with Gasteiger partial charge in [-0.25, -0.2) is 0 Å². The van der Waals surface area contributed by atoms with Crippen LogP contribution in [0.15, 0.2) is 18.2 Å². The first-order valence-electron chi connectivity index (χ1n) is 8.24. The molecular weight excluding hydrogens is 246 g/mol. The molecule has 1 aromatic rings. The Balaban J connectivity index is 1.54. The minimum Gasteiger partial charge on any atom is -0.308 e. The molecule has 1 aromatic heterocycles. The summed E-state index contributed by atoms with van der Waals surface area (Å²) in [5.74, 6) is 0.960. The third kappa shape index (κ3) is 4.57. The SMILES string of the molecule is CCCN(Cc1cccc(CNC2CC2)n1)CC1CC1. The molecule has 0 radical (unpaired) electrons. The summed E-state index contributed by atoms with van der Waals surface area (Å²) < 4.78 is 0. The molecule has 0 amide bonds. The average molecular weight is 273 g/mol. The molecule has 3 heteroatoms. The van der Waals surface area contributed by atoms with Crippen molar-refractivity contribution in [1.29, 1.82) is 0 Å². The van der Waals surface area contributed by atoms with Crippen LogP contribution in [-0.2, 0) is 13.1 Å². The standard InChI is InChI=1S/C17H27N3/c1-2-10-20(12-14-6-7-14)13-17-5-3-4-16(19-17)11-18-15-8-9-15/h3-5,14-15,18H,2,6-13H2,1H3. The van der Waals surface area contributed by atoms with Gasteiger partial charge in [0.25, 0.3) is 0 Å². The Morgan fingerprint density at radius 2 is 2.00 bits per heavy atom. The fourth-order valence-electron chi connectivity index (χ4n) is 2.70. The predicted molar refractivity (Wildman–Crippen MR) is 82.4 cm³/mol. The lowest BCUT2D eigenvalue weighted by molar-refractivity contribution is 0.252. The molecule has 2 aliphatic carbocycles. The average Bonchev–Trinajstić information content (AvgIpc) is 3.32. The predicted octanol–water partition coefficient (Wildman–Crippen LogP) is 2.96. The minimum atomic E-state index is 0.756. The van der Waals surface area contributed by atoms with Gasteiger partial charge < -0.3 is 5.32 Å². The molecule has 0 aliphatic heterocycles. The van der Waals surface area contributed by atoms with Crippen LogP contribution in [-0.4, -0.2) is 29.0 Å². The van der Waals surface area contributed by atoms with Gasteiger partial charge in [0.05, 0.1) is 11.4 Å². The number of aromatic nitrogens is 1. The summed E-state index contributed by atoms with van der Waals surface area (Å²) in [4.78, 5) is 7.40. The van der Waals surface area contributed by atoms with E-state index in [9.17, 15) is 0 Å². The Morgan fingerprint density at radius 1 is 1.20 bits per heavy atom. The number of nitrogens with one attached hydrogen (secondary N) is 1. The van der Waals surface area contributed by atoms with Crippen LogP contribution in [0, 0.1) is 5.92 Å². The molecule has 2 aliphatic rings. The highest BCUT2D eigenvalue weighted by atomic mass is 15.1. The van der Waals surface area contributed by atoms with Crippen LogP contribution in [0.3, 0.4) is 0 Å². The van der Waals surface area contributed by atoms with Gasteiger partial charge in [-0.15, -0.1) is 0 Å². The zero-order chi connectivity index (χ0) is 13.8. The van der Waals surface area contributed by atoms with E-state index in [1.165, 1.54) is 56.6 Å². The molecule has 1 N–H and O–H groups in total. The quantitative estimate of drug-likeness (QED) is 0.750. The van der Waals surface area contributed by atoms with E-state index in [1.807, 2.05) is 0 Å². The largest absolute Gasteiger partial charge is 0.308 e. The van der Waals surface area contributed by atoms with Crippen molar-refractivity contribution in [2.24, 2.45) is 5.92 Å². The molecular formula is C17H27N3. The molecule has 1 heterocycles. The summed E-state index contributed by atoms with van der Waals surface area (Å²) in [7, 11) is 0. The van der Waals surface area contributed by atoms with Gasteiger partial charge >= 0.3 is 0 Å². The molecule has 3 nitrogen and oxygen atoms in total. The topological polar surface area (TPSA) is 28.2 Å². The third-order valence-electron chi connectivity index (χ3n) is 4.15. The number of pyridine rings is 1. The van der Waals surface area contributed by atoms with E-state index in [4.69, 9.17) is 4.98 Å². The molecule has 0 saturated heterocycles. The van der Waals surface area contributed by atoms with Gasteiger partial charge in [-0.3, -0.25) is 9.88 Å². The maximum atomic E-state index is 4.82. The molecule has 2 saturated carbocycles. The highest BCUT2D eigenvalue weighted by Gasteiger charge is 2.24. The second-order valence-corrected chi connectivity index (χ2v) is 6.45. The monoisotopic (exact) mass is 273 g/mol. The number of nitrogens with zero attached hydrogens (tertiary/aromatic N) is 2. The Bertz CT molecular complexity index is 424. The fourth-order valence-corrected chi connectivity index (χ4v) is 2.70. The van der Waals surface area contributed by atoms with Crippen molar-refractivity contribution < 1.29 is 0 Å². The second kappa shape index (κ2) is 6.68.